The molecule has 8 nitrogen and oxygen atoms in total. The molecule has 0 saturated carbocycles. The quantitative estimate of drug-likeness (QED) is 0.569. The predicted octanol–water partition coefficient (Wildman–Crippen LogP) is 3.33. The van der Waals surface area contributed by atoms with Crippen LogP contribution in [-0.4, -0.2) is 87.1 Å². The number of fused-ring (bicyclic) bond motifs is 2. The number of nitrogens with zero attached hydrogens (tertiary/aromatic N) is 3. The zero-order valence-electron chi connectivity index (χ0n) is 24.8. The van der Waals surface area contributed by atoms with Crippen molar-refractivity contribution >= 4 is 17.7 Å². The van der Waals surface area contributed by atoms with Gasteiger partial charge in [0, 0.05) is 25.7 Å². The number of likely N-dealkylation sites (N-methyl/N-ethyl adjacent to an activating group) is 1. The van der Waals surface area contributed by atoms with E-state index in [9.17, 15) is 19.5 Å². The first kappa shape index (κ1) is 28.6. The first-order chi connectivity index (χ1) is 18.7. The Morgan fingerprint density at radius 1 is 0.950 bits per heavy atom. The molecule has 1 N–H and O–H groups in total. The van der Waals surface area contributed by atoms with Crippen LogP contribution in [0.25, 0.3) is 0 Å². The van der Waals surface area contributed by atoms with Crippen molar-refractivity contribution in [2.24, 2.45) is 17.3 Å². The molecule has 1 spiro atoms. The van der Waals surface area contributed by atoms with Crippen LogP contribution in [0.2, 0.25) is 0 Å². The molecule has 4 heterocycles. The van der Waals surface area contributed by atoms with Crippen molar-refractivity contribution in [1.82, 2.24) is 14.7 Å². The summed E-state index contributed by atoms with van der Waals surface area (Å²) in [5.41, 5.74) is -2.27. The smallest absolute Gasteiger partial charge is 0.249 e. The van der Waals surface area contributed by atoms with Crippen LogP contribution in [-0.2, 0) is 19.1 Å². The van der Waals surface area contributed by atoms with Gasteiger partial charge in [0.1, 0.15) is 11.6 Å². The number of likely N-dealkylation sites (tertiary alicyclic amines) is 1. The van der Waals surface area contributed by atoms with E-state index < -0.39 is 40.7 Å². The van der Waals surface area contributed by atoms with Gasteiger partial charge in [-0.25, -0.2) is 0 Å². The Morgan fingerprint density at radius 2 is 1.60 bits per heavy atom. The molecule has 0 aliphatic carbocycles. The molecule has 1 aromatic carbocycles. The van der Waals surface area contributed by atoms with Crippen molar-refractivity contribution in [3.8, 4) is 0 Å². The summed E-state index contributed by atoms with van der Waals surface area (Å²) < 4.78 is 6.90. The number of rotatable bonds is 5. The molecule has 3 amide bonds. The van der Waals surface area contributed by atoms with E-state index in [0.717, 1.165) is 12.0 Å². The highest BCUT2D eigenvalue weighted by molar-refractivity contribution is 6.00. The summed E-state index contributed by atoms with van der Waals surface area (Å²) in [6.45, 7) is 12.8. The number of ether oxygens (including phenoxy) is 1. The van der Waals surface area contributed by atoms with E-state index in [1.54, 1.807) is 11.9 Å². The average molecular weight is 550 g/mol. The highest BCUT2D eigenvalue weighted by Crippen LogP contribution is 2.59. The first-order valence-corrected chi connectivity index (χ1v) is 14.3. The lowest BCUT2D eigenvalue weighted by molar-refractivity contribution is -0.159. The number of aliphatic hydroxyl groups is 1. The molecule has 1 unspecified atom stereocenters. The Balaban J connectivity index is 1.70. The topological polar surface area (TPSA) is 90.4 Å². The Morgan fingerprint density at radius 3 is 2.23 bits per heavy atom. The van der Waals surface area contributed by atoms with Crippen LogP contribution < -0.4 is 0 Å². The number of carbonyl (C=O) groups is 3. The van der Waals surface area contributed by atoms with Crippen molar-refractivity contribution in [3.05, 3.63) is 60.2 Å². The van der Waals surface area contributed by atoms with E-state index in [0.29, 0.717) is 13.1 Å². The van der Waals surface area contributed by atoms with Gasteiger partial charge in [0.15, 0.2) is 0 Å². The molecular weight excluding hydrogens is 506 g/mol. The van der Waals surface area contributed by atoms with Gasteiger partial charge in [-0.05, 0) is 38.2 Å². The Hall–Kier alpha value is -2.97. The Kier molecular flexibility index (Phi) is 6.82. The molecule has 0 radical (unpaired) electrons. The van der Waals surface area contributed by atoms with Crippen molar-refractivity contribution < 1.29 is 24.2 Å². The SMILES string of the molecule is CN1CC=C[C@]2(C)O[C@]34C=CCN(C(C)(C)CC(C)(C)C)C(=O)C3N([C@H](CO)c3ccccc3)C(=O)[C@@H]4[C@@H]2C1=O. The normalized spacial score (nSPS) is 33.0. The average Bonchev–Trinajstić information content (AvgIpc) is 3.13. The molecule has 1 aromatic rings. The molecule has 40 heavy (non-hydrogen) atoms. The predicted molar refractivity (Wildman–Crippen MR) is 152 cm³/mol. The molecule has 8 heteroatoms. The van der Waals surface area contributed by atoms with Gasteiger partial charge in [-0.1, -0.05) is 75.4 Å². The Labute approximate surface area is 237 Å². The molecule has 2 fully saturated rings. The minimum absolute atomic E-state index is 0.0464. The molecule has 2 saturated heterocycles. The van der Waals surface area contributed by atoms with Gasteiger partial charge < -0.3 is 24.5 Å². The van der Waals surface area contributed by atoms with Crippen molar-refractivity contribution in [3.63, 3.8) is 0 Å². The lowest BCUT2D eigenvalue weighted by Crippen LogP contribution is -2.60. The van der Waals surface area contributed by atoms with E-state index in [1.807, 2.05) is 66.5 Å². The van der Waals surface area contributed by atoms with Gasteiger partial charge in [-0.2, -0.15) is 0 Å². The van der Waals surface area contributed by atoms with Gasteiger partial charge in [-0.3, -0.25) is 14.4 Å². The second kappa shape index (κ2) is 9.55. The lowest BCUT2D eigenvalue weighted by atomic mass is 9.74. The molecule has 0 aromatic heterocycles. The van der Waals surface area contributed by atoms with Gasteiger partial charge in [0.25, 0.3) is 0 Å². The summed E-state index contributed by atoms with van der Waals surface area (Å²) in [6, 6.07) is 7.47. The van der Waals surface area contributed by atoms with Crippen LogP contribution in [0.5, 0.6) is 0 Å². The summed E-state index contributed by atoms with van der Waals surface area (Å²) in [7, 11) is 1.73. The third kappa shape index (κ3) is 4.31. The van der Waals surface area contributed by atoms with Crippen LogP contribution >= 0.6 is 0 Å². The standard InChI is InChI=1S/C32H43N3O5/c1-29(2,3)20-30(4,5)34-18-12-16-32-24(23-26(37)33(7)17-11-15-31(23,6)40-32)27(38)35(25(32)28(34)39)22(19-36)21-13-9-8-10-14-21/h8-16,22-25,36H,17-20H2,1-7H3/t22-,23-,24+,25?,31+,32+/m1/s1. The van der Waals surface area contributed by atoms with Crippen molar-refractivity contribution in [1.29, 1.82) is 0 Å². The van der Waals surface area contributed by atoms with E-state index in [1.165, 1.54) is 4.90 Å². The van der Waals surface area contributed by atoms with Crippen LogP contribution in [0.15, 0.2) is 54.6 Å². The summed E-state index contributed by atoms with van der Waals surface area (Å²) in [5.74, 6) is -2.47. The van der Waals surface area contributed by atoms with E-state index >= 15 is 0 Å². The Bertz CT molecular complexity index is 1250. The van der Waals surface area contributed by atoms with E-state index in [-0.39, 0.29) is 29.7 Å². The summed E-state index contributed by atoms with van der Waals surface area (Å²) in [5, 5.41) is 10.7. The number of hydrogen-bond acceptors (Lipinski definition) is 5. The summed E-state index contributed by atoms with van der Waals surface area (Å²) >= 11 is 0. The fourth-order valence-corrected chi connectivity index (χ4v) is 7.89. The third-order valence-corrected chi connectivity index (χ3v) is 9.08. The second-order valence-corrected chi connectivity index (χ2v) is 13.9. The van der Waals surface area contributed by atoms with E-state index in [2.05, 4.69) is 34.6 Å². The number of benzene rings is 1. The summed E-state index contributed by atoms with van der Waals surface area (Å²) in [6.07, 6.45) is 8.31. The fraction of sp³-hybridized carbons (Fsp3) is 0.594. The number of hydrogen-bond donors (Lipinski definition) is 1. The van der Waals surface area contributed by atoms with Crippen LogP contribution in [0, 0.1) is 17.3 Å². The molecule has 4 aliphatic heterocycles. The van der Waals surface area contributed by atoms with Crippen LogP contribution in [0.1, 0.15) is 59.6 Å². The largest absolute Gasteiger partial charge is 0.394 e. The molecule has 4 aliphatic rings. The summed E-state index contributed by atoms with van der Waals surface area (Å²) in [4.78, 5) is 48.3. The highest BCUT2D eigenvalue weighted by Gasteiger charge is 2.75. The zero-order valence-corrected chi connectivity index (χ0v) is 24.8. The van der Waals surface area contributed by atoms with Gasteiger partial charge in [0.2, 0.25) is 17.7 Å². The fourth-order valence-electron chi connectivity index (χ4n) is 7.89. The highest BCUT2D eigenvalue weighted by atomic mass is 16.5. The zero-order chi connectivity index (χ0) is 29.3. The van der Waals surface area contributed by atoms with Crippen molar-refractivity contribution in [2.75, 3.05) is 26.7 Å². The minimum atomic E-state index is -1.36. The molecule has 0 bridgehead atoms. The molecule has 6 atom stereocenters. The molecular formula is C32H43N3O5. The number of aliphatic hydroxyl groups excluding tert-OH is 1. The maximum atomic E-state index is 14.8. The first-order valence-electron chi connectivity index (χ1n) is 14.3. The molecule has 216 valence electrons. The minimum Gasteiger partial charge on any atom is -0.394 e. The van der Waals surface area contributed by atoms with Crippen LogP contribution in [0.4, 0.5) is 0 Å². The third-order valence-electron chi connectivity index (χ3n) is 9.08. The van der Waals surface area contributed by atoms with Crippen LogP contribution in [0.3, 0.4) is 0 Å². The van der Waals surface area contributed by atoms with E-state index in [4.69, 9.17) is 4.74 Å². The number of carbonyl (C=O) groups excluding carboxylic acids is 3. The van der Waals surface area contributed by atoms with Gasteiger partial charge in [-0.15, -0.1) is 0 Å². The maximum absolute atomic E-state index is 14.8. The monoisotopic (exact) mass is 549 g/mol. The number of amides is 3. The molecule has 5 rings (SSSR count). The maximum Gasteiger partial charge on any atom is 0.249 e. The van der Waals surface area contributed by atoms with Gasteiger partial charge in [0.05, 0.1) is 30.1 Å². The lowest BCUT2D eigenvalue weighted by Gasteiger charge is -2.45. The van der Waals surface area contributed by atoms with Gasteiger partial charge >= 0.3 is 0 Å². The second-order valence-electron chi connectivity index (χ2n) is 13.9. The van der Waals surface area contributed by atoms with Crippen molar-refractivity contribution in [2.45, 2.75) is 76.8 Å².